The van der Waals surface area contributed by atoms with Gasteiger partial charge in [-0.25, -0.2) is 0 Å². The zero-order chi connectivity index (χ0) is 20.1. The highest BCUT2D eigenvalue weighted by Gasteiger charge is 2.39. The molecule has 1 fully saturated rings. The summed E-state index contributed by atoms with van der Waals surface area (Å²) in [4.78, 5) is 29.3. The Kier molecular flexibility index (Phi) is 6.41. The lowest BCUT2D eigenvalue weighted by Gasteiger charge is -2.38. The minimum absolute atomic E-state index is 0.134. The Hall–Kier alpha value is -2.32. The monoisotopic (exact) mass is 391 g/mol. The average molecular weight is 391 g/mol. The summed E-state index contributed by atoms with van der Waals surface area (Å²) in [6.45, 7) is 7.99. The van der Waals surface area contributed by atoms with Crippen LogP contribution in [0, 0.1) is 5.41 Å². The van der Waals surface area contributed by atoms with Gasteiger partial charge in [-0.1, -0.05) is 6.07 Å². The second kappa shape index (κ2) is 8.79. The van der Waals surface area contributed by atoms with E-state index >= 15 is 0 Å². The molecular formula is C20H29N3O5. The van der Waals surface area contributed by atoms with Crippen LogP contribution in [0.25, 0.3) is 0 Å². The van der Waals surface area contributed by atoms with Crippen molar-refractivity contribution >= 4 is 11.8 Å². The molecule has 3 rings (SSSR count). The Balaban J connectivity index is 1.50. The van der Waals surface area contributed by atoms with Gasteiger partial charge in [-0.2, -0.15) is 0 Å². The summed E-state index contributed by atoms with van der Waals surface area (Å²) in [6, 6.07) is 5.98. The van der Waals surface area contributed by atoms with Crippen LogP contribution in [0.3, 0.4) is 0 Å². The molecule has 0 saturated carbocycles. The highest BCUT2D eigenvalue weighted by molar-refractivity contribution is 6.04. The molecule has 1 aromatic rings. The number of piperazine rings is 1. The first-order valence-corrected chi connectivity index (χ1v) is 9.59. The van der Waals surface area contributed by atoms with Crippen molar-refractivity contribution < 1.29 is 23.8 Å². The molecule has 2 aliphatic heterocycles. The van der Waals surface area contributed by atoms with Crippen LogP contribution in [-0.2, 0) is 20.9 Å². The molecule has 2 heterocycles. The van der Waals surface area contributed by atoms with E-state index in [9.17, 15) is 9.59 Å². The summed E-state index contributed by atoms with van der Waals surface area (Å²) >= 11 is 0. The number of nitrogens with one attached hydrogen (secondary N) is 1. The Labute approximate surface area is 165 Å². The van der Waals surface area contributed by atoms with Gasteiger partial charge < -0.3 is 24.4 Å². The van der Waals surface area contributed by atoms with Crippen molar-refractivity contribution in [3.8, 4) is 11.5 Å². The quantitative estimate of drug-likeness (QED) is 0.548. The lowest BCUT2D eigenvalue weighted by molar-refractivity contribution is -0.150. The Bertz CT molecular complexity index is 714. The molecule has 0 unspecified atom stereocenters. The molecule has 2 aliphatic rings. The Morgan fingerprint density at radius 2 is 1.86 bits per heavy atom. The highest BCUT2D eigenvalue weighted by atomic mass is 16.7. The number of rotatable bonds is 7. The fourth-order valence-electron chi connectivity index (χ4n) is 3.39. The summed E-state index contributed by atoms with van der Waals surface area (Å²) < 4.78 is 15.7. The number of carbonyl (C=O) groups excluding carboxylic acids is 2. The van der Waals surface area contributed by atoms with Gasteiger partial charge in [0.25, 0.3) is 0 Å². The van der Waals surface area contributed by atoms with Crippen molar-refractivity contribution in [1.82, 2.24) is 15.1 Å². The van der Waals surface area contributed by atoms with Gasteiger partial charge in [-0.3, -0.25) is 14.5 Å². The van der Waals surface area contributed by atoms with Crippen molar-refractivity contribution in [2.45, 2.75) is 20.4 Å². The van der Waals surface area contributed by atoms with Crippen molar-refractivity contribution in [3.05, 3.63) is 23.8 Å². The molecule has 2 amide bonds. The van der Waals surface area contributed by atoms with E-state index in [1.165, 1.54) is 0 Å². The van der Waals surface area contributed by atoms with Gasteiger partial charge in [-0.15, -0.1) is 0 Å². The summed E-state index contributed by atoms with van der Waals surface area (Å²) in [7, 11) is 1.57. The Morgan fingerprint density at radius 1 is 1.14 bits per heavy atom. The maximum atomic E-state index is 12.9. The number of amides is 2. The molecule has 1 saturated heterocycles. The molecule has 0 aliphatic carbocycles. The van der Waals surface area contributed by atoms with Crippen LogP contribution in [0.1, 0.15) is 19.4 Å². The number of methoxy groups -OCH3 is 1. The van der Waals surface area contributed by atoms with E-state index in [-0.39, 0.29) is 18.6 Å². The number of nitrogens with zero attached hydrogens (tertiary/aromatic N) is 2. The molecule has 0 spiro atoms. The molecular weight excluding hydrogens is 362 g/mol. The van der Waals surface area contributed by atoms with Crippen LogP contribution in [0.15, 0.2) is 18.2 Å². The number of ether oxygens (including phenoxy) is 3. The number of fused-ring (bicyclic) bond motifs is 1. The predicted octanol–water partition coefficient (Wildman–Crippen LogP) is 0.848. The van der Waals surface area contributed by atoms with E-state index in [0.29, 0.717) is 26.2 Å². The molecule has 8 heteroatoms. The third-order valence-corrected chi connectivity index (χ3v) is 5.20. The first-order valence-electron chi connectivity index (χ1n) is 9.59. The normalized spacial score (nSPS) is 16.9. The first kappa shape index (κ1) is 20.4. The van der Waals surface area contributed by atoms with Crippen molar-refractivity contribution in [1.29, 1.82) is 0 Å². The molecule has 0 atom stereocenters. The fourth-order valence-corrected chi connectivity index (χ4v) is 3.39. The van der Waals surface area contributed by atoms with Gasteiger partial charge >= 0.3 is 0 Å². The van der Waals surface area contributed by atoms with Gasteiger partial charge in [0, 0.05) is 46.4 Å². The maximum absolute atomic E-state index is 12.9. The molecule has 1 aromatic carbocycles. The van der Waals surface area contributed by atoms with Crippen molar-refractivity contribution in [2.75, 3.05) is 53.2 Å². The van der Waals surface area contributed by atoms with E-state index in [1.54, 1.807) is 25.9 Å². The van der Waals surface area contributed by atoms with Crippen LogP contribution in [-0.4, -0.2) is 74.8 Å². The highest BCUT2D eigenvalue weighted by Crippen LogP contribution is 2.33. The van der Waals surface area contributed by atoms with E-state index in [2.05, 4.69) is 10.2 Å². The molecule has 1 N–H and O–H groups in total. The minimum atomic E-state index is -1.09. The third kappa shape index (κ3) is 4.56. The second-order valence-corrected chi connectivity index (χ2v) is 7.63. The van der Waals surface area contributed by atoms with Crippen molar-refractivity contribution in [2.24, 2.45) is 5.41 Å². The molecule has 28 heavy (non-hydrogen) atoms. The predicted molar refractivity (Wildman–Crippen MR) is 103 cm³/mol. The SMILES string of the molecule is COCCNC(=O)C(C)(C)C(=O)N1CCN(Cc2ccc3c(c2)OCO3)CC1. The van der Waals surface area contributed by atoms with Crippen molar-refractivity contribution in [3.63, 3.8) is 0 Å². The summed E-state index contributed by atoms with van der Waals surface area (Å²) in [5, 5.41) is 2.76. The summed E-state index contributed by atoms with van der Waals surface area (Å²) in [5.74, 6) is 1.17. The molecule has 0 radical (unpaired) electrons. The second-order valence-electron chi connectivity index (χ2n) is 7.63. The van der Waals surface area contributed by atoms with E-state index < -0.39 is 5.41 Å². The molecule has 154 valence electrons. The fraction of sp³-hybridized carbons (Fsp3) is 0.600. The van der Waals surface area contributed by atoms with Crippen LogP contribution in [0.2, 0.25) is 0 Å². The first-order chi connectivity index (χ1) is 13.4. The van der Waals surface area contributed by atoms with Crippen LogP contribution in [0.4, 0.5) is 0 Å². The summed E-state index contributed by atoms with van der Waals surface area (Å²) in [6.07, 6.45) is 0. The van der Waals surface area contributed by atoms with E-state index in [1.807, 2.05) is 18.2 Å². The smallest absolute Gasteiger partial charge is 0.237 e. The van der Waals surface area contributed by atoms with Gasteiger partial charge in [-0.05, 0) is 31.5 Å². The van der Waals surface area contributed by atoms with Crippen LogP contribution < -0.4 is 14.8 Å². The Morgan fingerprint density at radius 3 is 2.57 bits per heavy atom. The van der Waals surface area contributed by atoms with Gasteiger partial charge in [0.15, 0.2) is 11.5 Å². The molecule has 8 nitrogen and oxygen atoms in total. The van der Waals surface area contributed by atoms with Crippen LogP contribution in [0.5, 0.6) is 11.5 Å². The van der Waals surface area contributed by atoms with E-state index in [4.69, 9.17) is 14.2 Å². The number of hydrogen-bond acceptors (Lipinski definition) is 6. The largest absolute Gasteiger partial charge is 0.454 e. The maximum Gasteiger partial charge on any atom is 0.237 e. The average Bonchev–Trinajstić information content (AvgIpc) is 3.16. The van der Waals surface area contributed by atoms with Gasteiger partial charge in [0.05, 0.1) is 6.61 Å². The lowest BCUT2D eigenvalue weighted by Crippen LogP contribution is -2.55. The standard InChI is InChI=1S/C20H29N3O5/c1-20(2,18(24)21-6-11-26-3)19(25)23-9-7-22(8-10-23)13-15-4-5-16-17(12-15)28-14-27-16/h4-5,12H,6-11,13-14H2,1-3H3,(H,21,24). The lowest BCUT2D eigenvalue weighted by atomic mass is 9.90. The van der Waals surface area contributed by atoms with Gasteiger partial charge in [0.1, 0.15) is 5.41 Å². The molecule has 0 aromatic heterocycles. The minimum Gasteiger partial charge on any atom is -0.454 e. The van der Waals surface area contributed by atoms with E-state index in [0.717, 1.165) is 36.7 Å². The molecule has 0 bridgehead atoms. The number of hydrogen-bond donors (Lipinski definition) is 1. The van der Waals surface area contributed by atoms with Crippen LogP contribution >= 0.6 is 0 Å². The topological polar surface area (TPSA) is 80.3 Å². The van der Waals surface area contributed by atoms with Gasteiger partial charge in [0.2, 0.25) is 18.6 Å². The number of carbonyl (C=O) groups is 2. The summed E-state index contributed by atoms with van der Waals surface area (Å²) in [5.41, 5.74) is 0.0645. The third-order valence-electron chi connectivity index (χ3n) is 5.20. The zero-order valence-corrected chi connectivity index (χ0v) is 16.8. The zero-order valence-electron chi connectivity index (χ0n) is 16.8. The number of benzene rings is 1.